The minimum Gasteiger partial charge on any atom is -0.484 e. The maximum absolute atomic E-state index is 6.67. The highest BCUT2D eigenvalue weighted by atomic mass is 16.5. The summed E-state index contributed by atoms with van der Waals surface area (Å²) in [6.45, 7) is 0. The predicted molar refractivity (Wildman–Crippen MR) is 180 cm³/mol. The molecule has 2 aromatic heterocycles. The van der Waals surface area contributed by atoms with E-state index in [0.717, 1.165) is 38.5 Å². The lowest BCUT2D eigenvalue weighted by molar-refractivity contribution is 0.278. The van der Waals surface area contributed by atoms with Gasteiger partial charge in [-0.15, -0.1) is 0 Å². The second-order valence-electron chi connectivity index (χ2n) is 11.8. The van der Waals surface area contributed by atoms with Gasteiger partial charge in [0.1, 0.15) is 23.0 Å². The minimum absolute atomic E-state index is 0.0634. The van der Waals surface area contributed by atoms with E-state index in [0.29, 0.717) is 0 Å². The van der Waals surface area contributed by atoms with E-state index < -0.39 is 0 Å². The molecule has 0 saturated carbocycles. The van der Waals surface area contributed by atoms with E-state index in [2.05, 4.69) is 132 Å². The fraction of sp³-hybridized carbons (Fsp3) is 0.0488. The summed E-state index contributed by atoms with van der Waals surface area (Å²) in [4.78, 5) is 4.35. The van der Waals surface area contributed by atoms with Crippen molar-refractivity contribution in [2.45, 2.75) is 12.0 Å². The topological polar surface area (TPSA) is 35.3 Å². The lowest BCUT2D eigenvalue weighted by atomic mass is 9.79. The van der Waals surface area contributed by atoms with E-state index >= 15 is 0 Å². The van der Waals surface area contributed by atoms with Crippen LogP contribution in [0.15, 0.2) is 144 Å². The molecule has 0 bridgehead atoms. The number of hydrogen-bond acceptors (Lipinski definition) is 3. The zero-order valence-electron chi connectivity index (χ0n) is 23.7. The Morgan fingerprint density at radius 1 is 0.614 bits per heavy atom. The summed E-state index contributed by atoms with van der Waals surface area (Å²) >= 11 is 0. The van der Waals surface area contributed by atoms with Crippen molar-refractivity contribution < 1.29 is 9.15 Å². The number of furan rings is 1. The molecule has 1 aliphatic carbocycles. The normalized spacial score (nSPS) is 17.3. The third kappa shape index (κ3) is 3.24. The summed E-state index contributed by atoms with van der Waals surface area (Å²) in [5, 5.41) is 9.43. The molecule has 3 heteroatoms. The van der Waals surface area contributed by atoms with Crippen LogP contribution < -0.4 is 4.74 Å². The first kappa shape index (κ1) is 23.8. The molecule has 3 nitrogen and oxygen atoms in total. The van der Waals surface area contributed by atoms with Gasteiger partial charge in [-0.3, -0.25) is 4.98 Å². The second kappa shape index (κ2) is 8.92. The average molecular weight is 564 g/mol. The van der Waals surface area contributed by atoms with Crippen molar-refractivity contribution in [3.8, 4) is 16.9 Å². The number of ether oxygens (including phenoxy) is 1. The highest BCUT2D eigenvalue weighted by Gasteiger charge is 2.38. The minimum atomic E-state index is -0.0634. The number of fused-ring (bicyclic) bond motifs is 10. The van der Waals surface area contributed by atoms with Crippen molar-refractivity contribution in [1.29, 1.82) is 0 Å². The van der Waals surface area contributed by atoms with Crippen LogP contribution in [0.1, 0.15) is 17.0 Å². The Bertz CT molecular complexity index is 2490. The molecule has 3 heterocycles. The quantitative estimate of drug-likeness (QED) is 0.196. The van der Waals surface area contributed by atoms with Crippen LogP contribution in [-0.2, 0) is 0 Å². The maximum Gasteiger partial charge on any atom is 0.136 e. The Kier molecular flexibility index (Phi) is 4.83. The number of pyridine rings is 1. The van der Waals surface area contributed by atoms with Crippen LogP contribution in [0, 0.1) is 0 Å². The van der Waals surface area contributed by atoms with E-state index in [4.69, 9.17) is 9.15 Å². The SMILES string of the molecule is C1=CC2c3ccccc3OC2C(c2c3ccccc3c(-c3ccc4oc5ccc6cnccc6c5c4c3)c3ccccc23)=C1. The molecule has 10 rings (SSSR count). The fourth-order valence-electron chi connectivity index (χ4n) is 7.65. The van der Waals surface area contributed by atoms with E-state index in [1.54, 1.807) is 0 Å². The van der Waals surface area contributed by atoms with Crippen molar-refractivity contribution in [2.24, 2.45) is 0 Å². The first-order valence-corrected chi connectivity index (χ1v) is 15.1. The summed E-state index contributed by atoms with van der Waals surface area (Å²) in [7, 11) is 0. The monoisotopic (exact) mass is 563 g/mol. The Balaban J connectivity index is 1.25. The van der Waals surface area contributed by atoms with E-state index in [1.165, 1.54) is 49.4 Å². The van der Waals surface area contributed by atoms with Crippen LogP contribution in [0.5, 0.6) is 5.75 Å². The van der Waals surface area contributed by atoms with Crippen molar-refractivity contribution >= 4 is 59.8 Å². The van der Waals surface area contributed by atoms with Gasteiger partial charge in [-0.1, -0.05) is 91.0 Å². The summed E-state index contributed by atoms with van der Waals surface area (Å²) in [6, 6.07) is 39.0. The van der Waals surface area contributed by atoms with Gasteiger partial charge in [-0.25, -0.2) is 0 Å². The van der Waals surface area contributed by atoms with Gasteiger partial charge in [-0.05, 0) is 80.0 Å². The summed E-state index contributed by atoms with van der Waals surface area (Å²) in [5.74, 6) is 1.18. The molecule has 0 N–H and O–H groups in total. The van der Waals surface area contributed by atoms with Gasteiger partial charge in [0.05, 0.1) is 0 Å². The summed E-state index contributed by atoms with van der Waals surface area (Å²) < 4.78 is 13.0. The molecule has 0 spiro atoms. The Labute approximate surface area is 253 Å². The smallest absolute Gasteiger partial charge is 0.136 e. The number of nitrogens with zero attached hydrogens (tertiary/aromatic N) is 1. The molecule has 8 aromatic rings. The van der Waals surface area contributed by atoms with Crippen LogP contribution in [0.3, 0.4) is 0 Å². The third-order valence-electron chi connectivity index (χ3n) is 9.52. The van der Waals surface area contributed by atoms with Crippen LogP contribution in [0.2, 0.25) is 0 Å². The summed E-state index contributed by atoms with van der Waals surface area (Å²) in [6.07, 6.45) is 10.5. The highest BCUT2D eigenvalue weighted by molar-refractivity contribution is 6.22. The number of para-hydroxylation sites is 1. The largest absolute Gasteiger partial charge is 0.484 e. The van der Waals surface area contributed by atoms with E-state index in [-0.39, 0.29) is 12.0 Å². The number of rotatable bonds is 2. The number of hydrogen-bond donors (Lipinski definition) is 0. The standard InChI is InChI=1S/C41H25NO2/c1-3-11-30-28(9-1)38(24-16-18-36-34(22-24)40-26-20-21-42-23-25(26)17-19-37(40)43-36)29-10-2-4-12-31(29)39(30)33-14-7-13-32-27-8-5-6-15-35(27)44-41(32)33/h1-23,32,41H. The van der Waals surface area contributed by atoms with Crippen LogP contribution in [0.4, 0.5) is 0 Å². The molecule has 2 aliphatic rings. The van der Waals surface area contributed by atoms with E-state index in [1.807, 2.05) is 12.4 Å². The van der Waals surface area contributed by atoms with Crippen molar-refractivity contribution in [3.05, 3.63) is 151 Å². The summed E-state index contributed by atoms with van der Waals surface area (Å²) in [5.41, 5.74) is 7.92. The molecular formula is C41H25NO2. The van der Waals surface area contributed by atoms with Gasteiger partial charge in [0.25, 0.3) is 0 Å². The molecule has 6 aromatic carbocycles. The molecule has 2 unspecified atom stereocenters. The van der Waals surface area contributed by atoms with Crippen LogP contribution >= 0.6 is 0 Å². The molecule has 44 heavy (non-hydrogen) atoms. The van der Waals surface area contributed by atoms with E-state index in [9.17, 15) is 0 Å². The second-order valence-corrected chi connectivity index (χ2v) is 11.8. The lowest BCUT2D eigenvalue weighted by Gasteiger charge is -2.26. The van der Waals surface area contributed by atoms with Gasteiger partial charge in [0, 0.05) is 45.6 Å². The van der Waals surface area contributed by atoms with Crippen molar-refractivity contribution in [2.75, 3.05) is 0 Å². The van der Waals surface area contributed by atoms with Gasteiger partial charge < -0.3 is 9.15 Å². The van der Waals surface area contributed by atoms with Crippen LogP contribution in [0.25, 0.3) is 71.0 Å². The number of allylic oxidation sites excluding steroid dienone is 2. The number of aromatic nitrogens is 1. The Hall–Kier alpha value is -5.67. The van der Waals surface area contributed by atoms with Gasteiger partial charge >= 0.3 is 0 Å². The zero-order chi connectivity index (χ0) is 28.8. The highest BCUT2D eigenvalue weighted by Crippen LogP contribution is 2.50. The maximum atomic E-state index is 6.67. The molecule has 0 saturated heterocycles. The molecule has 206 valence electrons. The van der Waals surface area contributed by atoms with Gasteiger partial charge in [-0.2, -0.15) is 0 Å². The number of benzene rings is 6. The molecule has 1 aliphatic heterocycles. The average Bonchev–Trinajstić information content (AvgIpc) is 3.66. The molecule has 2 atom stereocenters. The van der Waals surface area contributed by atoms with Crippen molar-refractivity contribution in [1.82, 2.24) is 4.98 Å². The van der Waals surface area contributed by atoms with Gasteiger partial charge in [0.15, 0.2) is 0 Å². The first-order valence-electron chi connectivity index (χ1n) is 15.1. The first-order chi connectivity index (χ1) is 21.8. The molecular weight excluding hydrogens is 538 g/mol. The van der Waals surface area contributed by atoms with Crippen molar-refractivity contribution in [3.63, 3.8) is 0 Å². The third-order valence-corrected chi connectivity index (χ3v) is 9.52. The lowest BCUT2D eigenvalue weighted by Crippen LogP contribution is -2.21. The zero-order valence-corrected chi connectivity index (χ0v) is 23.7. The predicted octanol–water partition coefficient (Wildman–Crippen LogP) is 10.6. The molecule has 0 amide bonds. The fourth-order valence-corrected chi connectivity index (χ4v) is 7.65. The van der Waals surface area contributed by atoms with Crippen LogP contribution in [-0.4, -0.2) is 11.1 Å². The van der Waals surface area contributed by atoms with Gasteiger partial charge in [0.2, 0.25) is 0 Å². The Morgan fingerprint density at radius 3 is 2.16 bits per heavy atom. The Morgan fingerprint density at radius 2 is 1.34 bits per heavy atom. The molecule has 0 fully saturated rings. The molecule has 0 radical (unpaired) electrons.